The lowest BCUT2D eigenvalue weighted by Gasteiger charge is -2.43. The zero-order valence-electron chi connectivity index (χ0n) is 18.2. The molecule has 5 rings (SSSR count). The molecule has 0 atom stereocenters. The zero-order valence-corrected chi connectivity index (χ0v) is 18.2. The molecule has 172 valence electrons. The number of alkyl halides is 3. The van der Waals surface area contributed by atoms with Gasteiger partial charge < -0.3 is 9.64 Å². The molecule has 0 aromatic carbocycles. The van der Waals surface area contributed by atoms with Crippen LogP contribution in [-0.2, 0) is 4.74 Å². The summed E-state index contributed by atoms with van der Waals surface area (Å²) in [4.78, 5) is 7.19. The lowest BCUT2D eigenvalue weighted by atomic mass is 9.78. The van der Waals surface area contributed by atoms with Crippen LogP contribution in [0.2, 0.25) is 0 Å². The summed E-state index contributed by atoms with van der Waals surface area (Å²) in [6.07, 6.45) is 0.623. The maximum absolute atomic E-state index is 13.2. The van der Waals surface area contributed by atoms with Gasteiger partial charge in [0.1, 0.15) is 5.82 Å². The van der Waals surface area contributed by atoms with Gasteiger partial charge in [0.15, 0.2) is 11.5 Å². The number of pyridine rings is 1. The molecular weight excluding hydrogens is 421 g/mol. The fourth-order valence-electron chi connectivity index (χ4n) is 5.04. The highest BCUT2D eigenvalue weighted by atomic mass is 19.4. The predicted octanol–water partition coefficient (Wildman–Crippen LogP) is 4.59. The summed E-state index contributed by atoms with van der Waals surface area (Å²) in [7, 11) is 0. The second-order valence-electron chi connectivity index (χ2n) is 9.41. The van der Waals surface area contributed by atoms with Gasteiger partial charge in [-0.1, -0.05) is 0 Å². The number of morpholine rings is 1. The van der Waals surface area contributed by atoms with Crippen molar-refractivity contribution in [3.05, 3.63) is 30.1 Å². The van der Waals surface area contributed by atoms with Crippen molar-refractivity contribution in [3.8, 4) is 5.82 Å². The summed E-state index contributed by atoms with van der Waals surface area (Å²) in [5.41, 5.74) is 1.46. The smallest absolute Gasteiger partial charge is 0.377 e. The second-order valence-corrected chi connectivity index (χ2v) is 9.41. The summed E-state index contributed by atoms with van der Waals surface area (Å²) in [5.74, 6) is 0.334. The Morgan fingerprint density at radius 1 is 1.19 bits per heavy atom. The third kappa shape index (κ3) is 3.74. The molecule has 1 N–H and O–H groups in total. The molecule has 1 aliphatic carbocycles. The van der Waals surface area contributed by atoms with E-state index in [1.807, 2.05) is 6.07 Å². The van der Waals surface area contributed by atoms with Gasteiger partial charge in [-0.2, -0.15) is 28.1 Å². The molecule has 4 heterocycles. The number of aromatic nitrogens is 5. The fourth-order valence-corrected chi connectivity index (χ4v) is 5.04. The van der Waals surface area contributed by atoms with Gasteiger partial charge in [0.25, 0.3) is 0 Å². The van der Waals surface area contributed by atoms with Crippen LogP contribution in [0.25, 0.3) is 16.9 Å². The van der Waals surface area contributed by atoms with Gasteiger partial charge >= 0.3 is 6.18 Å². The highest BCUT2D eigenvalue weighted by Gasteiger charge is 2.42. The minimum absolute atomic E-state index is 0.0430. The third-order valence-electron chi connectivity index (χ3n) is 6.83. The summed E-state index contributed by atoms with van der Waals surface area (Å²) in [6, 6.07) is 3.88. The number of nitrogens with one attached hydrogen (secondary N) is 1. The maximum atomic E-state index is 13.2. The van der Waals surface area contributed by atoms with E-state index < -0.39 is 12.1 Å². The maximum Gasteiger partial charge on any atom is 0.391 e. The average Bonchev–Trinajstić information content (AvgIpc) is 3.42. The van der Waals surface area contributed by atoms with Crippen molar-refractivity contribution >= 4 is 16.9 Å². The minimum Gasteiger partial charge on any atom is -0.377 e. The molecule has 0 radical (unpaired) electrons. The molecule has 1 saturated carbocycles. The Kier molecular flexibility index (Phi) is 5.15. The number of halogens is 3. The highest BCUT2D eigenvalue weighted by Crippen LogP contribution is 2.45. The minimum atomic E-state index is -4.12. The molecule has 0 amide bonds. The first-order chi connectivity index (χ1) is 15.2. The molecule has 1 aliphatic heterocycles. The number of fused-ring (bicyclic) bond motifs is 1. The molecular formula is C22H27F3N6O. The van der Waals surface area contributed by atoms with Gasteiger partial charge in [-0.25, -0.2) is 4.98 Å². The predicted molar refractivity (Wildman–Crippen MR) is 114 cm³/mol. The normalized spacial score (nSPS) is 24.2. The molecule has 0 bridgehead atoms. The second kappa shape index (κ2) is 7.75. The van der Waals surface area contributed by atoms with E-state index in [2.05, 4.69) is 40.1 Å². The standard InChI is InChI=1S/C22H27F3N6O/c1-21(2)13-32-10-9-30(21)19-11-16(14-3-5-15(6-4-14)22(23,24)25)17-12-27-31(20(17)28-19)18-7-8-26-29-18/h7-8,11-12,14-15H,3-6,9-10,13H2,1-2H3,(H,26,29). The van der Waals surface area contributed by atoms with Crippen LogP contribution in [-0.4, -0.2) is 56.4 Å². The van der Waals surface area contributed by atoms with Crippen LogP contribution >= 0.6 is 0 Å². The van der Waals surface area contributed by atoms with Crippen molar-refractivity contribution in [2.24, 2.45) is 5.92 Å². The Morgan fingerprint density at radius 2 is 1.97 bits per heavy atom. The molecule has 0 spiro atoms. The molecule has 2 aliphatic rings. The lowest BCUT2D eigenvalue weighted by molar-refractivity contribution is -0.182. The molecule has 0 unspecified atom stereocenters. The van der Waals surface area contributed by atoms with Gasteiger partial charge in [-0.3, -0.25) is 5.10 Å². The van der Waals surface area contributed by atoms with Crippen LogP contribution < -0.4 is 4.90 Å². The zero-order chi connectivity index (χ0) is 22.5. The Labute approximate surface area is 183 Å². The first-order valence-corrected chi connectivity index (χ1v) is 11.0. The molecule has 3 aromatic rings. The van der Waals surface area contributed by atoms with Crippen molar-refractivity contribution in [2.45, 2.75) is 57.2 Å². The topological polar surface area (TPSA) is 71.9 Å². The number of hydrogen-bond acceptors (Lipinski definition) is 5. The van der Waals surface area contributed by atoms with Crippen molar-refractivity contribution in [2.75, 3.05) is 24.7 Å². The number of nitrogens with zero attached hydrogens (tertiary/aromatic N) is 5. The molecule has 2 fully saturated rings. The van der Waals surface area contributed by atoms with E-state index in [9.17, 15) is 13.2 Å². The van der Waals surface area contributed by atoms with E-state index in [0.29, 0.717) is 44.1 Å². The fraction of sp³-hybridized carbons (Fsp3) is 0.591. The van der Waals surface area contributed by atoms with E-state index in [-0.39, 0.29) is 24.3 Å². The van der Waals surface area contributed by atoms with Gasteiger partial charge in [0.2, 0.25) is 0 Å². The van der Waals surface area contributed by atoms with Crippen molar-refractivity contribution in [1.82, 2.24) is 25.0 Å². The first kappa shape index (κ1) is 21.2. The Bertz CT molecular complexity index is 1080. The summed E-state index contributed by atoms with van der Waals surface area (Å²) in [5, 5.41) is 12.3. The van der Waals surface area contributed by atoms with Crippen LogP contribution in [0.1, 0.15) is 51.0 Å². The van der Waals surface area contributed by atoms with Gasteiger partial charge in [-0.15, -0.1) is 0 Å². The van der Waals surface area contributed by atoms with Gasteiger partial charge in [-0.05, 0) is 57.1 Å². The van der Waals surface area contributed by atoms with Crippen molar-refractivity contribution in [1.29, 1.82) is 0 Å². The summed E-state index contributed by atoms with van der Waals surface area (Å²) >= 11 is 0. The van der Waals surface area contributed by atoms with E-state index in [1.54, 1.807) is 17.1 Å². The van der Waals surface area contributed by atoms with E-state index in [0.717, 1.165) is 16.8 Å². The average molecular weight is 448 g/mol. The number of aromatic amines is 1. The van der Waals surface area contributed by atoms with Crippen molar-refractivity contribution < 1.29 is 17.9 Å². The lowest BCUT2D eigenvalue weighted by Crippen LogP contribution is -2.53. The highest BCUT2D eigenvalue weighted by molar-refractivity contribution is 5.83. The molecule has 32 heavy (non-hydrogen) atoms. The van der Waals surface area contributed by atoms with Crippen LogP contribution in [0, 0.1) is 5.92 Å². The molecule has 10 heteroatoms. The van der Waals surface area contributed by atoms with E-state index in [4.69, 9.17) is 9.72 Å². The van der Waals surface area contributed by atoms with Crippen LogP contribution in [0.4, 0.5) is 19.0 Å². The number of H-pyrrole nitrogens is 1. The van der Waals surface area contributed by atoms with Crippen LogP contribution in [0.15, 0.2) is 24.5 Å². The molecule has 7 nitrogen and oxygen atoms in total. The Balaban J connectivity index is 1.59. The quantitative estimate of drug-likeness (QED) is 0.634. The van der Waals surface area contributed by atoms with E-state index >= 15 is 0 Å². The van der Waals surface area contributed by atoms with Gasteiger partial charge in [0, 0.05) is 18.0 Å². The Morgan fingerprint density at radius 3 is 2.62 bits per heavy atom. The largest absolute Gasteiger partial charge is 0.391 e. The molecule has 1 saturated heterocycles. The number of hydrogen-bond donors (Lipinski definition) is 1. The van der Waals surface area contributed by atoms with Crippen LogP contribution in [0.5, 0.6) is 0 Å². The Hall–Kier alpha value is -2.62. The first-order valence-electron chi connectivity index (χ1n) is 11.0. The van der Waals surface area contributed by atoms with E-state index in [1.165, 1.54) is 0 Å². The number of ether oxygens (including phenoxy) is 1. The SMILES string of the molecule is CC1(C)COCCN1c1cc(C2CCC(C(F)(F)F)CC2)c2cnn(-c3ccn[nH]3)c2n1. The third-order valence-corrected chi connectivity index (χ3v) is 6.83. The number of rotatable bonds is 3. The van der Waals surface area contributed by atoms with Crippen LogP contribution in [0.3, 0.4) is 0 Å². The monoisotopic (exact) mass is 448 g/mol. The summed E-state index contributed by atoms with van der Waals surface area (Å²) < 4.78 is 47.1. The number of anilines is 1. The van der Waals surface area contributed by atoms with Crippen molar-refractivity contribution in [3.63, 3.8) is 0 Å². The van der Waals surface area contributed by atoms with Gasteiger partial charge in [0.05, 0.1) is 37.1 Å². The summed E-state index contributed by atoms with van der Waals surface area (Å²) in [6.45, 7) is 6.11. The molecule has 3 aromatic heterocycles.